The van der Waals surface area contributed by atoms with Gasteiger partial charge in [-0.05, 0) is 24.3 Å². The van der Waals surface area contributed by atoms with Gasteiger partial charge in [0.25, 0.3) is 0 Å². The topological polar surface area (TPSA) is 53.5 Å². The number of hydrogen-bond donors (Lipinski definition) is 0. The maximum absolute atomic E-state index is 12.9. The highest BCUT2D eigenvalue weighted by atomic mass is 79.9. The molecule has 0 bridgehead atoms. The predicted octanol–water partition coefficient (Wildman–Crippen LogP) is 4.32. The standard InChI is InChI=1S/C15H13BrCl3N3O2S/c16-10-8-12(18)14(13(19)9-10)25(23,24)22-6-4-21(5-7-22)15-11(17)2-1-3-20-15/h1-3,8-9H,4-7H2. The molecule has 5 nitrogen and oxygen atoms in total. The summed E-state index contributed by atoms with van der Waals surface area (Å²) in [6.45, 7) is 1.53. The zero-order chi connectivity index (χ0) is 18.2. The molecule has 1 aromatic carbocycles. The molecular weight excluding hydrogens is 473 g/mol. The van der Waals surface area contributed by atoms with Crippen molar-refractivity contribution in [2.75, 3.05) is 31.1 Å². The molecule has 134 valence electrons. The minimum Gasteiger partial charge on any atom is -0.353 e. The fourth-order valence-electron chi connectivity index (χ4n) is 2.65. The Hall–Kier alpha value is -0.570. The van der Waals surface area contributed by atoms with Crippen LogP contribution in [-0.2, 0) is 10.0 Å². The Morgan fingerprint density at radius 1 is 1.00 bits per heavy atom. The summed E-state index contributed by atoms with van der Waals surface area (Å²) < 4.78 is 27.9. The van der Waals surface area contributed by atoms with E-state index in [1.54, 1.807) is 18.3 Å². The lowest BCUT2D eigenvalue weighted by Gasteiger charge is -2.35. The predicted molar refractivity (Wildman–Crippen MR) is 104 cm³/mol. The minimum absolute atomic E-state index is 0.0663. The largest absolute Gasteiger partial charge is 0.353 e. The number of halogens is 4. The van der Waals surface area contributed by atoms with E-state index in [4.69, 9.17) is 34.8 Å². The van der Waals surface area contributed by atoms with E-state index in [2.05, 4.69) is 20.9 Å². The van der Waals surface area contributed by atoms with Crippen molar-refractivity contribution in [3.8, 4) is 0 Å². The van der Waals surface area contributed by atoms with Crippen molar-refractivity contribution >= 4 is 66.6 Å². The summed E-state index contributed by atoms with van der Waals surface area (Å²) >= 11 is 21.7. The SMILES string of the molecule is O=S(=O)(c1c(Cl)cc(Br)cc1Cl)N1CCN(c2ncccc2Cl)CC1. The molecule has 1 aromatic heterocycles. The zero-order valence-electron chi connectivity index (χ0n) is 12.8. The Kier molecular flexibility index (Phi) is 5.82. The van der Waals surface area contributed by atoms with E-state index in [0.717, 1.165) is 0 Å². The molecule has 0 spiro atoms. The second-order valence-corrected chi connectivity index (χ2v) is 9.41. The average molecular weight is 486 g/mol. The van der Waals surface area contributed by atoms with Gasteiger partial charge in [-0.3, -0.25) is 0 Å². The molecule has 0 radical (unpaired) electrons. The van der Waals surface area contributed by atoms with Gasteiger partial charge in [0.1, 0.15) is 10.7 Å². The van der Waals surface area contributed by atoms with E-state index < -0.39 is 10.0 Å². The van der Waals surface area contributed by atoms with Crippen molar-refractivity contribution in [3.05, 3.63) is 50.0 Å². The molecule has 0 atom stereocenters. The van der Waals surface area contributed by atoms with Gasteiger partial charge in [0.2, 0.25) is 10.0 Å². The first kappa shape index (κ1) is 19.2. The Balaban J connectivity index is 1.82. The van der Waals surface area contributed by atoms with Gasteiger partial charge in [0, 0.05) is 36.8 Å². The van der Waals surface area contributed by atoms with Crippen molar-refractivity contribution in [3.63, 3.8) is 0 Å². The maximum Gasteiger partial charge on any atom is 0.246 e. The Morgan fingerprint density at radius 2 is 1.60 bits per heavy atom. The highest BCUT2D eigenvalue weighted by molar-refractivity contribution is 9.10. The van der Waals surface area contributed by atoms with Crippen LogP contribution >= 0.6 is 50.7 Å². The van der Waals surface area contributed by atoms with Crippen molar-refractivity contribution < 1.29 is 8.42 Å². The Morgan fingerprint density at radius 3 is 2.16 bits per heavy atom. The third-order valence-electron chi connectivity index (χ3n) is 3.84. The highest BCUT2D eigenvalue weighted by Gasteiger charge is 2.32. The third-order valence-corrected chi connectivity index (χ3v) is 7.41. The summed E-state index contributed by atoms with van der Waals surface area (Å²) in [7, 11) is -3.79. The number of aromatic nitrogens is 1. The molecule has 1 saturated heterocycles. The van der Waals surface area contributed by atoms with Crippen LogP contribution in [0.15, 0.2) is 39.8 Å². The molecule has 0 saturated carbocycles. The number of benzene rings is 1. The molecule has 0 N–H and O–H groups in total. The molecule has 1 aliphatic rings. The molecule has 0 amide bonds. The second-order valence-electron chi connectivity index (χ2n) is 5.40. The monoisotopic (exact) mass is 483 g/mol. The number of anilines is 1. The lowest BCUT2D eigenvalue weighted by molar-refractivity contribution is 0.384. The number of nitrogens with zero attached hydrogens (tertiary/aromatic N) is 3. The summed E-state index contributed by atoms with van der Waals surface area (Å²) in [6.07, 6.45) is 1.66. The molecular formula is C15H13BrCl3N3O2S. The molecule has 0 unspecified atom stereocenters. The van der Waals surface area contributed by atoms with Gasteiger partial charge in [-0.1, -0.05) is 50.7 Å². The number of hydrogen-bond acceptors (Lipinski definition) is 4. The molecule has 1 aliphatic heterocycles. The van der Waals surface area contributed by atoms with Crippen molar-refractivity contribution in [2.24, 2.45) is 0 Å². The first-order chi connectivity index (χ1) is 11.8. The van der Waals surface area contributed by atoms with E-state index in [9.17, 15) is 8.42 Å². The van der Waals surface area contributed by atoms with Crippen LogP contribution in [0.2, 0.25) is 15.1 Å². The molecule has 2 heterocycles. The van der Waals surface area contributed by atoms with Crippen molar-refractivity contribution in [1.29, 1.82) is 0 Å². The van der Waals surface area contributed by atoms with Crippen LogP contribution in [0, 0.1) is 0 Å². The van der Waals surface area contributed by atoms with E-state index in [0.29, 0.717) is 28.4 Å². The zero-order valence-corrected chi connectivity index (χ0v) is 17.5. The molecule has 0 aliphatic carbocycles. The van der Waals surface area contributed by atoms with Crippen LogP contribution in [-0.4, -0.2) is 43.9 Å². The van der Waals surface area contributed by atoms with Crippen LogP contribution in [0.3, 0.4) is 0 Å². The van der Waals surface area contributed by atoms with Gasteiger partial charge >= 0.3 is 0 Å². The number of pyridine rings is 1. The Bertz CT molecular complexity index is 880. The first-order valence-corrected chi connectivity index (χ1v) is 10.7. The lowest BCUT2D eigenvalue weighted by Crippen LogP contribution is -2.49. The second kappa shape index (κ2) is 7.58. The molecule has 1 fully saturated rings. The summed E-state index contributed by atoms with van der Waals surface area (Å²) in [5, 5.41) is 0.724. The van der Waals surface area contributed by atoms with Crippen molar-refractivity contribution in [1.82, 2.24) is 9.29 Å². The van der Waals surface area contributed by atoms with E-state index >= 15 is 0 Å². The summed E-state index contributed by atoms with van der Waals surface area (Å²) in [4.78, 5) is 6.15. The van der Waals surface area contributed by atoms with Gasteiger partial charge in [-0.15, -0.1) is 0 Å². The van der Waals surface area contributed by atoms with Gasteiger partial charge in [0.05, 0.1) is 15.1 Å². The number of rotatable bonds is 3. The molecule has 10 heteroatoms. The van der Waals surface area contributed by atoms with Crippen LogP contribution in [0.4, 0.5) is 5.82 Å². The number of piperazine rings is 1. The molecule has 2 aromatic rings. The fourth-order valence-corrected chi connectivity index (χ4v) is 6.20. The smallest absolute Gasteiger partial charge is 0.246 e. The van der Waals surface area contributed by atoms with Crippen LogP contribution < -0.4 is 4.90 Å². The number of sulfonamides is 1. The molecule has 25 heavy (non-hydrogen) atoms. The first-order valence-electron chi connectivity index (χ1n) is 7.31. The third kappa shape index (κ3) is 3.91. The van der Waals surface area contributed by atoms with E-state index in [1.165, 1.54) is 16.4 Å². The fraction of sp³-hybridized carbons (Fsp3) is 0.267. The maximum atomic E-state index is 12.9. The van der Waals surface area contributed by atoms with Crippen molar-refractivity contribution in [2.45, 2.75) is 4.90 Å². The molecule has 3 rings (SSSR count). The normalized spacial score (nSPS) is 16.2. The summed E-state index contributed by atoms with van der Waals surface area (Å²) in [6, 6.07) is 6.55. The average Bonchev–Trinajstić information content (AvgIpc) is 2.54. The summed E-state index contributed by atoms with van der Waals surface area (Å²) in [5.74, 6) is 0.654. The quantitative estimate of drug-likeness (QED) is 0.650. The van der Waals surface area contributed by atoms with E-state index in [1.807, 2.05) is 4.90 Å². The highest BCUT2D eigenvalue weighted by Crippen LogP contribution is 2.35. The minimum atomic E-state index is -3.79. The van der Waals surface area contributed by atoms with Gasteiger partial charge in [-0.2, -0.15) is 4.31 Å². The Labute approximate surface area is 169 Å². The van der Waals surface area contributed by atoms with Crippen LogP contribution in [0.1, 0.15) is 0 Å². The summed E-state index contributed by atoms with van der Waals surface area (Å²) in [5.41, 5.74) is 0. The lowest BCUT2D eigenvalue weighted by atomic mass is 10.3. The van der Waals surface area contributed by atoms with Gasteiger partial charge in [0.15, 0.2) is 0 Å². The van der Waals surface area contributed by atoms with Crippen LogP contribution in [0.5, 0.6) is 0 Å². The van der Waals surface area contributed by atoms with Gasteiger partial charge in [-0.25, -0.2) is 13.4 Å². The van der Waals surface area contributed by atoms with Crippen LogP contribution in [0.25, 0.3) is 0 Å². The van der Waals surface area contributed by atoms with Gasteiger partial charge < -0.3 is 4.90 Å². The van der Waals surface area contributed by atoms with E-state index in [-0.39, 0.29) is 28.0 Å².